The predicted molar refractivity (Wildman–Crippen MR) is 116 cm³/mol. The third-order valence-corrected chi connectivity index (χ3v) is 5.30. The monoisotopic (exact) mass is 401 g/mol. The van der Waals surface area contributed by atoms with E-state index in [1.807, 2.05) is 36.4 Å². The summed E-state index contributed by atoms with van der Waals surface area (Å²) >= 11 is 0. The highest BCUT2D eigenvalue weighted by atomic mass is 16.1. The van der Waals surface area contributed by atoms with Gasteiger partial charge < -0.3 is 20.9 Å². The van der Waals surface area contributed by atoms with Crippen LogP contribution in [0.15, 0.2) is 48.5 Å². The number of aromatic nitrogens is 2. The second kappa shape index (κ2) is 8.35. The molecule has 1 amide bonds. The molecule has 3 aromatic rings. The normalized spacial score (nSPS) is 15.5. The van der Waals surface area contributed by atoms with Crippen LogP contribution in [0.5, 0.6) is 0 Å². The Labute approximate surface area is 174 Å². The molecule has 2 heterocycles. The van der Waals surface area contributed by atoms with Gasteiger partial charge in [-0.3, -0.25) is 4.79 Å². The van der Waals surface area contributed by atoms with Gasteiger partial charge in [0.05, 0.1) is 11.6 Å². The molecule has 2 aromatic carbocycles. The van der Waals surface area contributed by atoms with Crippen LogP contribution in [0.4, 0.5) is 11.8 Å². The van der Waals surface area contributed by atoms with Crippen LogP contribution in [0.1, 0.15) is 22.0 Å². The summed E-state index contributed by atoms with van der Waals surface area (Å²) < 4.78 is 0. The lowest BCUT2D eigenvalue weighted by molar-refractivity contribution is 0.0945. The van der Waals surface area contributed by atoms with Crippen LogP contribution in [-0.4, -0.2) is 54.0 Å². The molecule has 0 spiro atoms. The molecule has 3 N–H and O–H groups in total. The van der Waals surface area contributed by atoms with Crippen molar-refractivity contribution in [3.05, 3.63) is 59.7 Å². The number of nitrogens with two attached hydrogens (primary N) is 1. The lowest BCUT2D eigenvalue weighted by Gasteiger charge is -2.33. The number of carbonyl (C=O) groups excluding carboxylic acids is 1. The number of anilines is 2. The Morgan fingerprint density at radius 3 is 2.57 bits per heavy atom. The van der Waals surface area contributed by atoms with Crippen molar-refractivity contribution in [3.63, 3.8) is 0 Å². The van der Waals surface area contributed by atoms with Crippen molar-refractivity contribution < 1.29 is 4.79 Å². The highest BCUT2D eigenvalue weighted by molar-refractivity contribution is 6.00. The molecule has 1 aliphatic heterocycles. The maximum atomic E-state index is 12.8. The number of amides is 1. The van der Waals surface area contributed by atoms with Crippen molar-refractivity contribution in [3.8, 4) is 6.07 Å². The largest absolute Gasteiger partial charge is 0.368 e. The molecular weight excluding hydrogens is 378 g/mol. The summed E-state index contributed by atoms with van der Waals surface area (Å²) in [4.78, 5) is 26.0. The number of carbonyl (C=O) groups is 1. The Morgan fingerprint density at radius 2 is 1.87 bits per heavy atom. The first kappa shape index (κ1) is 19.6. The molecule has 1 aromatic heterocycles. The molecule has 1 aliphatic rings. The second-order valence-electron chi connectivity index (χ2n) is 7.37. The fourth-order valence-corrected chi connectivity index (χ4v) is 3.58. The van der Waals surface area contributed by atoms with Crippen LogP contribution in [-0.2, 0) is 0 Å². The number of nitrogens with one attached hydrogen (secondary N) is 1. The predicted octanol–water partition coefficient (Wildman–Crippen LogP) is 1.96. The summed E-state index contributed by atoms with van der Waals surface area (Å²) in [5.74, 6) is 0.621. The van der Waals surface area contributed by atoms with Gasteiger partial charge in [0.1, 0.15) is 11.9 Å². The van der Waals surface area contributed by atoms with E-state index in [0.29, 0.717) is 11.1 Å². The van der Waals surface area contributed by atoms with Gasteiger partial charge in [0.15, 0.2) is 0 Å². The molecule has 1 atom stereocenters. The number of likely N-dealkylation sites (N-methyl/N-ethyl adjacent to an activating group) is 1. The number of fused-ring (bicyclic) bond motifs is 1. The summed E-state index contributed by atoms with van der Waals surface area (Å²) in [5.41, 5.74) is 7.72. The Balaban J connectivity index is 1.62. The number of rotatable bonds is 4. The number of piperazine rings is 1. The number of hydrogen-bond acceptors (Lipinski definition) is 7. The molecule has 1 unspecified atom stereocenters. The maximum Gasteiger partial charge on any atom is 0.252 e. The van der Waals surface area contributed by atoms with Crippen molar-refractivity contribution in [2.75, 3.05) is 43.9 Å². The van der Waals surface area contributed by atoms with E-state index < -0.39 is 6.04 Å². The van der Waals surface area contributed by atoms with Gasteiger partial charge in [0.2, 0.25) is 5.95 Å². The zero-order valence-corrected chi connectivity index (χ0v) is 16.7. The third-order valence-electron chi connectivity index (χ3n) is 5.30. The van der Waals surface area contributed by atoms with E-state index in [-0.39, 0.29) is 11.9 Å². The average molecular weight is 401 g/mol. The fraction of sp³-hybridized carbons (Fsp3) is 0.273. The molecule has 0 saturated carbocycles. The first-order valence-electron chi connectivity index (χ1n) is 9.81. The van der Waals surface area contributed by atoms with Crippen LogP contribution < -0.4 is 16.0 Å². The summed E-state index contributed by atoms with van der Waals surface area (Å²) in [6.07, 6.45) is 0. The quantitative estimate of drug-likeness (QED) is 0.687. The van der Waals surface area contributed by atoms with E-state index in [9.17, 15) is 10.1 Å². The minimum absolute atomic E-state index is 0.174. The van der Waals surface area contributed by atoms with Gasteiger partial charge in [-0.2, -0.15) is 10.2 Å². The summed E-state index contributed by atoms with van der Waals surface area (Å²) in [6.45, 7) is 3.60. The van der Waals surface area contributed by atoms with Crippen molar-refractivity contribution in [2.45, 2.75) is 6.04 Å². The Hall–Kier alpha value is -3.70. The lowest BCUT2D eigenvalue weighted by atomic mass is 10.1. The van der Waals surface area contributed by atoms with Crippen LogP contribution in [0.25, 0.3) is 10.9 Å². The second-order valence-corrected chi connectivity index (χ2v) is 7.37. The summed E-state index contributed by atoms with van der Waals surface area (Å²) in [7, 11) is 2.10. The number of nitrogen functional groups attached to an aromatic ring is 1. The minimum Gasteiger partial charge on any atom is -0.368 e. The number of benzene rings is 2. The molecular formula is C22H23N7O. The number of nitriles is 1. The van der Waals surface area contributed by atoms with Crippen LogP contribution in [0, 0.1) is 11.3 Å². The number of nitrogens with zero attached hydrogens (tertiary/aromatic N) is 5. The maximum absolute atomic E-state index is 12.8. The topological polar surface area (TPSA) is 111 Å². The van der Waals surface area contributed by atoms with E-state index >= 15 is 0 Å². The van der Waals surface area contributed by atoms with Gasteiger partial charge in [-0.1, -0.05) is 30.3 Å². The van der Waals surface area contributed by atoms with E-state index in [4.69, 9.17) is 5.73 Å². The number of hydrogen-bond donors (Lipinski definition) is 2. The smallest absolute Gasteiger partial charge is 0.252 e. The van der Waals surface area contributed by atoms with Crippen molar-refractivity contribution in [1.82, 2.24) is 20.2 Å². The van der Waals surface area contributed by atoms with Gasteiger partial charge in [0.25, 0.3) is 5.91 Å². The Kier molecular flexibility index (Phi) is 5.46. The van der Waals surface area contributed by atoms with Gasteiger partial charge >= 0.3 is 0 Å². The van der Waals surface area contributed by atoms with E-state index in [0.717, 1.165) is 42.9 Å². The summed E-state index contributed by atoms with van der Waals surface area (Å²) in [5, 5.41) is 13.1. The molecule has 8 nitrogen and oxygen atoms in total. The zero-order valence-electron chi connectivity index (χ0n) is 16.7. The van der Waals surface area contributed by atoms with E-state index in [1.54, 1.807) is 12.1 Å². The fourth-order valence-electron chi connectivity index (χ4n) is 3.58. The van der Waals surface area contributed by atoms with Gasteiger partial charge in [0, 0.05) is 37.1 Å². The first-order chi connectivity index (χ1) is 14.5. The minimum atomic E-state index is -0.731. The van der Waals surface area contributed by atoms with Crippen LogP contribution in [0.3, 0.4) is 0 Å². The molecule has 0 radical (unpaired) electrons. The molecule has 0 bridgehead atoms. The standard InChI is InChI=1S/C22H23N7O/c1-28-9-11-29(12-10-28)20-17-8-7-16(13-18(17)26-22(24)27-20)21(30)25-19(14-23)15-5-3-2-4-6-15/h2-8,13,19H,9-12H2,1H3,(H,25,30)(H2,24,26,27). The highest BCUT2D eigenvalue weighted by Crippen LogP contribution is 2.26. The first-order valence-corrected chi connectivity index (χ1v) is 9.81. The SMILES string of the molecule is CN1CCN(c2nc(N)nc3cc(C(=O)NC(C#N)c4ccccc4)ccc23)CC1. The molecule has 1 saturated heterocycles. The van der Waals surface area contributed by atoms with Crippen molar-refractivity contribution in [2.24, 2.45) is 0 Å². The Morgan fingerprint density at radius 1 is 1.13 bits per heavy atom. The summed E-state index contributed by atoms with van der Waals surface area (Å²) in [6, 6.07) is 15.8. The lowest BCUT2D eigenvalue weighted by Crippen LogP contribution is -2.45. The van der Waals surface area contributed by atoms with E-state index in [1.165, 1.54) is 0 Å². The molecule has 30 heavy (non-hydrogen) atoms. The van der Waals surface area contributed by atoms with Crippen LogP contribution >= 0.6 is 0 Å². The molecule has 4 rings (SSSR count). The van der Waals surface area contributed by atoms with Gasteiger partial charge in [-0.15, -0.1) is 0 Å². The van der Waals surface area contributed by atoms with Crippen molar-refractivity contribution >= 4 is 28.6 Å². The molecule has 0 aliphatic carbocycles. The van der Waals surface area contributed by atoms with Crippen LogP contribution in [0.2, 0.25) is 0 Å². The van der Waals surface area contributed by atoms with Crippen molar-refractivity contribution in [1.29, 1.82) is 5.26 Å². The molecule has 1 fully saturated rings. The third kappa shape index (κ3) is 4.02. The van der Waals surface area contributed by atoms with Gasteiger partial charge in [-0.25, -0.2) is 4.98 Å². The molecule has 152 valence electrons. The average Bonchev–Trinajstić information content (AvgIpc) is 2.77. The Bertz CT molecular complexity index is 1100. The van der Waals surface area contributed by atoms with E-state index in [2.05, 4.69) is 38.2 Å². The highest BCUT2D eigenvalue weighted by Gasteiger charge is 2.20. The zero-order chi connectivity index (χ0) is 21.1. The molecule has 8 heteroatoms. The van der Waals surface area contributed by atoms with Gasteiger partial charge in [-0.05, 0) is 30.8 Å².